The average Bonchev–Trinajstić information content (AvgIpc) is 2.47. The average molecular weight is 344 g/mol. The molecule has 3 unspecified atom stereocenters. The molecule has 0 radical (unpaired) electrons. The van der Waals surface area contributed by atoms with Crippen molar-refractivity contribution in [2.24, 2.45) is 0 Å². The molecule has 1 heterocycles. The number of morpholine rings is 1. The number of nitrogens with zero attached hydrogens (tertiary/aromatic N) is 1. The Hall–Kier alpha value is -0.460. The molecule has 2 rings (SSSR count). The number of aliphatic hydroxyl groups excluding tert-OH is 2. The Labute approximate surface area is 128 Å². The second-order valence-corrected chi connectivity index (χ2v) is 6.25. The molecule has 1 aromatic rings. The highest BCUT2D eigenvalue weighted by Gasteiger charge is 2.25. The highest BCUT2D eigenvalue weighted by atomic mass is 79.9. The summed E-state index contributed by atoms with van der Waals surface area (Å²) in [6, 6.07) is 8.09. The van der Waals surface area contributed by atoms with Crippen molar-refractivity contribution in [3.05, 3.63) is 34.3 Å². The van der Waals surface area contributed by atoms with Gasteiger partial charge in [0, 0.05) is 23.6 Å². The lowest BCUT2D eigenvalue weighted by molar-refractivity contribution is -0.0800. The van der Waals surface area contributed by atoms with Gasteiger partial charge in [-0.15, -0.1) is 0 Å². The van der Waals surface area contributed by atoms with Crippen LogP contribution in [0.15, 0.2) is 28.7 Å². The van der Waals surface area contributed by atoms with Crippen molar-refractivity contribution in [2.45, 2.75) is 31.6 Å². The fourth-order valence-electron chi connectivity index (χ4n) is 2.44. The van der Waals surface area contributed by atoms with Gasteiger partial charge in [0.1, 0.15) is 0 Å². The quantitative estimate of drug-likeness (QED) is 0.857. The molecule has 1 aromatic carbocycles. The van der Waals surface area contributed by atoms with E-state index in [1.54, 1.807) is 0 Å². The monoisotopic (exact) mass is 343 g/mol. The molecule has 5 heteroatoms. The minimum atomic E-state index is -0.453. The molecule has 112 valence electrons. The third-order valence-corrected chi connectivity index (χ3v) is 4.31. The highest BCUT2D eigenvalue weighted by molar-refractivity contribution is 9.10. The van der Waals surface area contributed by atoms with Crippen LogP contribution in [-0.4, -0.2) is 53.6 Å². The lowest BCUT2D eigenvalue weighted by atomic mass is 10.1. The van der Waals surface area contributed by atoms with E-state index in [4.69, 9.17) is 4.74 Å². The van der Waals surface area contributed by atoms with Crippen LogP contribution in [0.1, 0.15) is 25.0 Å². The molecule has 20 heavy (non-hydrogen) atoms. The molecule has 1 aliphatic rings. The summed E-state index contributed by atoms with van der Waals surface area (Å²) in [6.07, 6.45) is 0.131. The Bertz CT molecular complexity index is 412. The molecule has 0 aromatic heterocycles. The van der Waals surface area contributed by atoms with Gasteiger partial charge >= 0.3 is 0 Å². The lowest BCUT2D eigenvalue weighted by Crippen LogP contribution is -2.49. The van der Waals surface area contributed by atoms with Crippen molar-refractivity contribution >= 4 is 15.9 Å². The van der Waals surface area contributed by atoms with E-state index < -0.39 is 6.10 Å². The fraction of sp³-hybridized carbons (Fsp3) is 0.600. The van der Waals surface area contributed by atoms with Gasteiger partial charge in [-0.25, -0.2) is 0 Å². The molecule has 0 saturated carbocycles. The topological polar surface area (TPSA) is 52.9 Å². The van der Waals surface area contributed by atoms with E-state index in [2.05, 4.69) is 27.8 Å². The Kier molecular flexibility index (Phi) is 5.99. The van der Waals surface area contributed by atoms with E-state index in [9.17, 15) is 10.2 Å². The van der Waals surface area contributed by atoms with Gasteiger partial charge in [0.15, 0.2) is 0 Å². The van der Waals surface area contributed by atoms with E-state index in [1.165, 1.54) is 0 Å². The van der Waals surface area contributed by atoms with E-state index >= 15 is 0 Å². The summed E-state index contributed by atoms with van der Waals surface area (Å²) in [5.74, 6) is 0. The van der Waals surface area contributed by atoms with Crippen molar-refractivity contribution in [1.29, 1.82) is 0 Å². The first-order valence-corrected chi connectivity index (χ1v) is 7.79. The van der Waals surface area contributed by atoms with E-state index in [1.807, 2.05) is 24.3 Å². The molecule has 4 nitrogen and oxygen atoms in total. The third-order valence-electron chi connectivity index (χ3n) is 3.78. The molecule has 2 N–H and O–H groups in total. The Morgan fingerprint density at radius 2 is 2.10 bits per heavy atom. The van der Waals surface area contributed by atoms with Crippen LogP contribution < -0.4 is 0 Å². The summed E-state index contributed by atoms with van der Waals surface area (Å²) in [5.41, 5.74) is 0.938. The third kappa shape index (κ3) is 4.27. The summed E-state index contributed by atoms with van der Waals surface area (Å²) >= 11 is 3.39. The van der Waals surface area contributed by atoms with Crippen LogP contribution in [0.2, 0.25) is 0 Å². The molecule has 0 spiro atoms. The molecule has 3 atom stereocenters. The standard InChI is InChI=1S/C15H22BrNO3/c1-11-10-20-14(9-18)8-17(11)7-6-15(19)12-2-4-13(16)5-3-12/h2-5,11,14-15,18-19H,6-10H2,1H3. The van der Waals surface area contributed by atoms with Crippen LogP contribution in [0.4, 0.5) is 0 Å². The number of hydrogen-bond donors (Lipinski definition) is 2. The number of benzene rings is 1. The van der Waals surface area contributed by atoms with Crippen LogP contribution in [0.25, 0.3) is 0 Å². The molecule has 1 saturated heterocycles. The minimum absolute atomic E-state index is 0.0541. The number of hydrogen-bond acceptors (Lipinski definition) is 4. The summed E-state index contributed by atoms with van der Waals surface area (Å²) in [4.78, 5) is 2.27. The fourth-order valence-corrected chi connectivity index (χ4v) is 2.70. The van der Waals surface area contributed by atoms with Gasteiger partial charge in [-0.3, -0.25) is 4.90 Å². The second-order valence-electron chi connectivity index (χ2n) is 5.34. The van der Waals surface area contributed by atoms with Crippen molar-refractivity contribution in [1.82, 2.24) is 4.90 Å². The first-order chi connectivity index (χ1) is 9.60. The van der Waals surface area contributed by atoms with Gasteiger partial charge < -0.3 is 14.9 Å². The molecular formula is C15H22BrNO3. The van der Waals surface area contributed by atoms with Crippen LogP contribution in [0.5, 0.6) is 0 Å². The SMILES string of the molecule is CC1COC(CO)CN1CCC(O)c1ccc(Br)cc1. The molecule has 0 aliphatic carbocycles. The van der Waals surface area contributed by atoms with Gasteiger partial charge in [-0.2, -0.15) is 0 Å². The predicted molar refractivity (Wildman–Crippen MR) is 81.6 cm³/mol. The highest BCUT2D eigenvalue weighted by Crippen LogP contribution is 2.21. The van der Waals surface area contributed by atoms with Gasteiger partial charge in [-0.05, 0) is 31.0 Å². The van der Waals surface area contributed by atoms with Crippen molar-refractivity contribution in [2.75, 3.05) is 26.3 Å². The zero-order chi connectivity index (χ0) is 14.5. The van der Waals surface area contributed by atoms with E-state index in [0.717, 1.165) is 23.1 Å². The maximum atomic E-state index is 10.2. The minimum Gasteiger partial charge on any atom is -0.394 e. The van der Waals surface area contributed by atoms with Crippen molar-refractivity contribution in [3.63, 3.8) is 0 Å². The molecule has 0 amide bonds. The Morgan fingerprint density at radius 1 is 1.40 bits per heavy atom. The summed E-state index contributed by atoms with van der Waals surface area (Å²) in [7, 11) is 0. The molecular weight excluding hydrogens is 322 g/mol. The smallest absolute Gasteiger partial charge is 0.0933 e. The zero-order valence-electron chi connectivity index (χ0n) is 11.7. The second kappa shape index (κ2) is 7.52. The number of aliphatic hydroxyl groups is 2. The van der Waals surface area contributed by atoms with Gasteiger partial charge in [0.25, 0.3) is 0 Å². The van der Waals surface area contributed by atoms with Crippen molar-refractivity contribution in [3.8, 4) is 0 Å². The van der Waals surface area contributed by atoms with Gasteiger partial charge in [0.2, 0.25) is 0 Å². The zero-order valence-corrected chi connectivity index (χ0v) is 13.3. The maximum absolute atomic E-state index is 10.2. The molecule has 1 fully saturated rings. The van der Waals surface area contributed by atoms with Crippen LogP contribution in [0.3, 0.4) is 0 Å². The Balaban J connectivity index is 1.85. The number of halogens is 1. The summed E-state index contributed by atoms with van der Waals surface area (Å²) < 4.78 is 6.53. The first kappa shape index (κ1) is 15.9. The molecule has 1 aliphatic heterocycles. The van der Waals surface area contributed by atoms with Crippen LogP contribution in [0, 0.1) is 0 Å². The van der Waals surface area contributed by atoms with Crippen molar-refractivity contribution < 1.29 is 14.9 Å². The summed E-state index contributed by atoms with van der Waals surface area (Å²) in [5, 5.41) is 19.4. The lowest BCUT2D eigenvalue weighted by Gasteiger charge is -2.37. The first-order valence-electron chi connectivity index (χ1n) is 7.00. The molecule has 0 bridgehead atoms. The number of ether oxygens (including phenoxy) is 1. The summed E-state index contributed by atoms with van der Waals surface area (Å²) in [6.45, 7) is 4.33. The predicted octanol–water partition coefficient (Wildman–Crippen LogP) is 1.95. The van der Waals surface area contributed by atoms with E-state index in [0.29, 0.717) is 19.1 Å². The van der Waals surface area contributed by atoms with E-state index in [-0.39, 0.29) is 12.7 Å². The van der Waals surface area contributed by atoms with Gasteiger partial charge in [0.05, 0.1) is 25.4 Å². The van der Waals surface area contributed by atoms with Crippen LogP contribution in [-0.2, 0) is 4.74 Å². The maximum Gasteiger partial charge on any atom is 0.0933 e. The van der Waals surface area contributed by atoms with Gasteiger partial charge in [-0.1, -0.05) is 28.1 Å². The normalized spacial score (nSPS) is 25.6. The van der Waals surface area contributed by atoms with Crippen LogP contribution >= 0.6 is 15.9 Å². The number of rotatable bonds is 5. The Morgan fingerprint density at radius 3 is 2.75 bits per heavy atom. The largest absolute Gasteiger partial charge is 0.394 e.